The number of hydrogen-bond donors (Lipinski definition) is 3. The molecule has 6 nitrogen and oxygen atoms in total. The molecule has 3 N–H and O–H groups in total. The summed E-state index contributed by atoms with van der Waals surface area (Å²) in [7, 11) is 2.03. The van der Waals surface area contributed by atoms with E-state index in [1.165, 1.54) is 5.57 Å². The molecule has 0 aromatic heterocycles. The SMILES string of the molecule is CN1C=C2C(=C(C3=CCC(N[C@H](C(=O)O)c4ccccc4)CC3)C1)NN=C1C=Cc3cc(F)cc2c31. The smallest absolute Gasteiger partial charge is 0.325 e. The van der Waals surface area contributed by atoms with Crippen LogP contribution < -0.4 is 10.7 Å². The van der Waals surface area contributed by atoms with Gasteiger partial charge in [-0.05, 0) is 65.3 Å². The zero-order valence-electron chi connectivity index (χ0n) is 20.0. The normalized spacial score (nSPS) is 21.0. The van der Waals surface area contributed by atoms with Crippen molar-refractivity contribution >= 4 is 23.3 Å². The standard InChI is InChI=1S/C29H27FN4O2/c1-34-15-23(17-7-10-21(11-8-17)31-27(29(35)36)18-5-3-2-4-6-18)28-24(16-34)22-14-20(30)13-19-9-12-25(26(19)22)32-33-28/h2-7,9,12-14,16,21,27,31,33H,8,10-11,15H2,1H3,(H,35,36)/t21?,27-/m0/s1. The van der Waals surface area contributed by atoms with Gasteiger partial charge in [0.05, 0.1) is 11.4 Å². The summed E-state index contributed by atoms with van der Waals surface area (Å²) in [4.78, 5) is 14.1. The Bertz CT molecular complexity index is 1400. The molecule has 2 heterocycles. The number of hydrazone groups is 1. The summed E-state index contributed by atoms with van der Waals surface area (Å²) < 4.78 is 14.5. The topological polar surface area (TPSA) is 77.0 Å². The van der Waals surface area contributed by atoms with Crippen LogP contribution in [0.25, 0.3) is 11.6 Å². The first-order chi connectivity index (χ1) is 17.5. The lowest BCUT2D eigenvalue weighted by Crippen LogP contribution is -2.38. The Hall–Kier alpha value is -3.97. The fourth-order valence-electron chi connectivity index (χ4n) is 5.59. The maximum absolute atomic E-state index is 14.5. The first kappa shape index (κ1) is 22.5. The number of hydrogen-bond acceptors (Lipinski definition) is 5. The number of benzene rings is 2. The number of likely N-dealkylation sites (N-methyl/N-ethyl adjacent to an activating group) is 1. The van der Waals surface area contributed by atoms with E-state index in [-0.39, 0.29) is 11.9 Å². The molecule has 2 aromatic rings. The van der Waals surface area contributed by atoms with Crippen LogP contribution in [0, 0.1) is 5.82 Å². The average Bonchev–Trinajstić information content (AvgIpc) is 3.21. The predicted octanol–water partition coefficient (Wildman–Crippen LogP) is 4.59. The van der Waals surface area contributed by atoms with E-state index in [9.17, 15) is 14.3 Å². The van der Waals surface area contributed by atoms with Crippen LogP contribution in [0.4, 0.5) is 4.39 Å². The maximum Gasteiger partial charge on any atom is 0.325 e. The molecule has 0 radical (unpaired) electrons. The highest BCUT2D eigenvalue weighted by molar-refractivity contribution is 6.20. The van der Waals surface area contributed by atoms with Gasteiger partial charge in [0.15, 0.2) is 0 Å². The lowest BCUT2D eigenvalue weighted by molar-refractivity contribution is -0.139. The van der Waals surface area contributed by atoms with E-state index in [4.69, 9.17) is 0 Å². The molecule has 0 fully saturated rings. The van der Waals surface area contributed by atoms with Crippen molar-refractivity contribution in [1.29, 1.82) is 0 Å². The van der Waals surface area contributed by atoms with Crippen LogP contribution >= 0.6 is 0 Å². The second-order valence-electron chi connectivity index (χ2n) is 9.72. The highest BCUT2D eigenvalue weighted by Gasteiger charge is 2.31. The molecule has 182 valence electrons. The molecular weight excluding hydrogens is 455 g/mol. The van der Waals surface area contributed by atoms with Crippen LogP contribution in [0.3, 0.4) is 0 Å². The van der Waals surface area contributed by atoms with Crippen molar-refractivity contribution in [2.75, 3.05) is 13.6 Å². The molecule has 0 saturated heterocycles. The van der Waals surface area contributed by atoms with Crippen molar-refractivity contribution in [1.82, 2.24) is 15.6 Å². The number of carbonyl (C=O) groups is 1. The number of rotatable bonds is 5. The number of carboxylic acids is 1. The molecule has 0 bridgehead atoms. The Labute approximate surface area is 209 Å². The zero-order valence-corrected chi connectivity index (χ0v) is 20.0. The first-order valence-electron chi connectivity index (χ1n) is 12.2. The Morgan fingerprint density at radius 2 is 2.08 bits per heavy atom. The Balaban J connectivity index is 1.30. The zero-order chi connectivity index (χ0) is 24.8. The highest BCUT2D eigenvalue weighted by Crippen LogP contribution is 2.40. The number of nitrogens with one attached hydrogen (secondary N) is 2. The third-order valence-corrected chi connectivity index (χ3v) is 7.30. The van der Waals surface area contributed by atoms with Gasteiger partial charge >= 0.3 is 5.97 Å². The van der Waals surface area contributed by atoms with Gasteiger partial charge in [-0.1, -0.05) is 42.5 Å². The van der Waals surface area contributed by atoms with Crippen LogP contribution in [0.5, 0.6) is 0 Å². The molecule has 36 heavy (non-hydrogen) atoms. The van der Waals surface area contributed by atoms with Crippen molar-refractivity contribution in [3.8, 4) is 0 Å². The van der Waals surface area contributed by atoms with Gasteiger partial charge in [0.2, 0.25) is 0 Å². The van der Waals surface area contributed by atoms with E-state index >= 15 is 0 Å². The Morgan fingerprint density at radius 3 is 2.83 bits per heavy atom. The van der Waals surface area contributed by atoms with E-state index in [1.807, 2.05) is 49.5 Å². The van der Waals surface area contributed by atoms with Crippen molar-refractivity contribution < 1.29 is 14.3 Å². The summed E-state index contributed by atoms with van der Waals surface area (Å²) in [6.45, 7) is 0.718. The molecule has 2 aliphatic carbocycles. The van der Waals surface area contributed by atoms with Crippen LogP contribution in [0.1, 0.15) is 47.6 Å². The van der Waals surface area contributed by atoms with E-state index in [0.717, 1.165) is 70.6 Å². The fourth-order valence-corrected chi connectivity index (χ4v) is 5.59. The van der Waals surface area contributed by atoms with Crippen molar-refractivity contribution in [2.24, 2.45) is 5.10 Å². The van der Waals surface area contributed by atoms with Crippen LogP contribution in [0.15, 0.2) is 82.8 Å². The number of allylic oxidation sites excluding steroid dienone is 2. The van der Waals surface area contributed by atoms with E-state index < -0.39 is 12.0 Å². The quantitative estimate of drug-likeness (QED) is 0.581. The number of aliphatic carboxylic acids is 1. The maximum atomic E-state index is 14.5. The summed E-state index contributed by atoms with van der Waals surface area (Å²) in [6.07, 6.45) is 10.5. The minimum atomic E-state index is -0.873. The highest BCUT2D eigenvalue weighted by atomic mass is 19.1. The number of fused-ring (bicyclic) bond motifs is 2. The predicted molar refractivity (Wildman–Crippen MR) is 138 cm³/mol. The van der Waals surface area contributed by atoms with Crippen molar-refractivity contribution in [3.63, 3.8) is 0 Å². The van der Waals surface area contributed by atoms with Gasteiger partial charge < -0.3 is 10.0 Å². The Kier molecular flexibility index (Phi) is 5.57. The van der Waals surface area contributed by atoms with Crippen molar-refractivity contribution in [2.45, 2.75) is 31.3 Å². The van der Waals surface area contributed by atoms with Gasteiger partial charge in [-0.15, -0.1) is 0 Å². The molecule has 2 aromatic carbocycles. The van der Waals surface area contributed by atoms with Crippen LogP contribution in [0.2, 0.25) is 0 Å². The third kappa shape index (κ3) is 3.95. The van der Waals surface area contributed by atoms with E-state index in [0.29, 0.717) is 0 Å². The Morgan fingerprint density at radius 1 is 1.25 bits per heavy atom. The van der Waals surface area contributed by atoms with Gasteiger partial charge in [0, 0.05) is 37.0 Å². The summed E-state index contributed by atoms with van der Waals surface area (Å²) in [5.41, 5.74) is 11.8. The molecule has 7 heteroatoms. The van der Waals surface area contributed by atoms with Gasteiger partial charge in [-0.25, -0.2) is 4.39 Å². The second-order valence-corrected chi connectivity index (χ2v) is 9.72. The van der Waals surface area contributed by atoms with Gasteiger partial charge in [0.1, 0.15) is 11.9 Å². The first-order valence-corrected chi connectivity index (χ1v) is 12.2. The van der Waals surface area contributed by atoms with Gasteiger partial charge in [-0.3, -0.25) is 15.5 Å². The van der Waals surface area contributed by atoms with E-state index in [1.54, 1.807) is 12.1 Å². The monoisotopic (exact) mass is 482 g/mol. The van der Waals surface area contributed by atoms with Crippen LogP contribution in [-0.2, 0) is 4.79 Å². The number of nitrogens with zero attached hydrogens (tertiary/aromatic N) is 2. The molecule has 1 unspecified atom stereocenters. The molecule has 6 rings (SSSR count). The second kappa shape index (κ2) is 8.91. The fraction of sp³-hybridized carbons (Fsp3) is 0.241. The summed E-state index contributed by atoms with van der Waals surface area (Å²) in [5.74, 6) is -1.13. The lowest BCUT2D eigenvalue weighted by atomic mass is 9.84. The average molecular weight is 483 g/mol. The molecule has 2 aliphatic heterocycles. The molecule has 2 atom stereocenters. The molecule has 4 aliphatic rings. The van der Waals surface area contributed by atoms with Gasteiger partial charge in [0.25, 0.3) is 0 Å². The lowest BCUT2D eigenvalue weighted by Gasteiger charge is -2.32. The largest absolute Gasteiger partial charge is 0.480 e. The number of halogens is 1. The van der Waals surface area contributed by atoms with E-state index in [2.05, 4.69) is 33.0 Å². The van der Waals surface area contributed by atoms with Crippen LogP contribution in [-0.4, -0.2) is 41.3 Å². The third-order valence-electron chi connectivity index (χ3n) is 7.30. The molecule has 0 spiro atoms. The molecule has 0 amide bonds. The summed E-state index contributed by atoms with van der Waals surface area (Å²) in [5, 5.41) is 17.8. The molecular formula is C29H27FN4O2. The van der Waals surface area contributed by atoms with Gasteiger partial charge in [-0.2, -0.15) is 5.10 Å². The summed E-state index contributed by atoms with van der Waals surface area (Å²) >= 11 is 0. The van der Waals surface area contributed by atoms with Crippen molar-refractivity contribution in [3.05, 3.63) is 106 Å². The minimum Gasteiger partial charge on any atom is -0.480 e. The minimum absolute atomic E-state index is 0.0665. The molecule has 0 saturated carbocycles. The summed E-state index contributed by atoms with van der Waals surface area (Å²) in [6, 6.07) is 11.8. The number of carboxylic acid groups (broad SMARTS) is 1.